The molecule has 5 nitrogen and oxygen atoms in total. The van der Waals surface area contributed by atoms with Gasteiger partial charge in [-0.25, -0.2) is 0 Å². The summed E-state index contributed by atoms with van der Waals surface area (Å²) in [5.74, 6) is 0.853. The van der Waals surface area contributed by atoms with Crippen molar-refractivity contribution in [3.05, 3.63) is 0 Å². The van der Waals surface area contributed by atoms with Gasteiger partial charge in [-0.05, 0) is 44.6 Å². The van der Waals surface area contributed by atoms with Crippen molar-refractivity contribution in [2.45, 2.75) is 50.7 Å². The van der Waals surface area contributed by atoms with E-state index in [4.69, 9.17) is 15.2 Å². The van der Waals surface area contributed by atoms with Crippen LogP contribution in [0, 0.1) is 5.92 Å². The van der Waals surface area contributed by atoms with E-state index in [2.05, 4.69) is 5.32 Å². The van der Waals surface area contributed by atoms with E-state index in [0.717, 1.165) is 31.7 Å². The van der Waals surface area contributed by atoms with E-state index in [1.54, 1.807) is 0 Å². The lowest BCUT2D eigenvalue weighted by Gasteiger charge is -2.29. The van der Waals surface area contributed by atoms with Crippen molar-refractivity contribution in [1.29, 1.82) is 0 Å². The third-order valence-electron chi connectivity index (χ3n) is 4.08. The van der Waals surface area contributed by atoms with Crippen molar-refractivity contribution in [2.24, 2.45) is 11.7 Å². The summed E-state index contributed by atoms with van der Waals surface area (Å²) < 4.78 is 10.8. The lowest BCUT2D eigenvalue weighted by atomic mass is 9.84. The zero-order valence-electron chi connectivity index (χ0n) is 11.6. The molecular weight excluding hydrogens is 244 g/mol. The molecule has 2 rings (SSSR count). The Kier molecular flexibility index (Phi) is 6.07. The second-order valence-corrected chi connectivity index (χ2v) is 5.63. The first-order valence-corrected chi connectivity index (χ1v) is 7.46. The molecule has 0 spiro atoms. The monoisotopic (exact) mass is 270 g/mol. The van der Waals surface area contributed by atoms with Crippen LogP contribution in [0.2, 0.25) is 0 Å². The molecular formula is C14H26N2O3. The predicted octanol–water partition coefficient (Wildman–Crippen LogP) is 0.816. The van der Waals surface area contributed by atoms with Crippen LogP contribution >= 0.6 is 0 Å². The molecule has 1 atom stereocenters. The normalized spacial score (nSPS) is 31.9. The lowest BCUT2D eigenvalue weighted by Crippen LogP contribution is -2.41. The van der Waals surface area contributed by atoms with Gasteiger partial charge >= 0.3 is 0 Å². The maximum absolute atomic E-state index is 11.9. The van der Waals surface area contributed by atoms with Crippen LogP contribution in [0.25, 0.3) is 0 Å². The molecule has 2 fully saturated rings. The Morgan fingerprint density at radius 3 is 2.63 bits per heavy atom. The van der Waals surface area contributed by atoms with Crippen molar-refractivity contribution in [3.63, 3.8) is 0 Å². The maximum atomic E-state index is 11.9. The van der Waals surface area contributed by atoms with Crippen LogP contribution in [-0.4, -0.2) is 44.4 Å². The van der Waals surface area contributed by atoms with Crippen LogP contribution in [0.4, 0.5) is 0 Å². The molecule has 1 aliphatic carbocycles. The molecule has 0 aromatic carbocycles. The lowest BCUT2D eigenvalue weighted by molar-refractivity contribution is -0.132. The number of hydrogen-bond donors (Lipinski definition) is 2. The molecule has 2 aliphatic rings. The third kappa shape index (κ3) is 5.09. The molecule has 0 aromatic heterocycles. The summed E-state index contributed by atoms with van der Waals surface area (Å²) in [6, 6.07) is 0.339. The molecule has 1 unspecified atom stereocenters. The van der Waals surface area contributed by atoms with Gasteiger partial charge in [-0.15, -0.1) is 0 Å². The number of rotatable bonds is 5. The summed E-state index contributed by atoms with van der Waals surface area (Å²) in [4.78, 5) is 11.9. The van der Waals surface area contributed by atoms with Gasteiger partial charge in [-0.2, -0.15) is 0 Å². The molecule has 3 N–H and O–H groups in total. The van der Waals surface area contributed by atoms with Crippen LogP contribution in [0.1, 0.15) is 38.5 Å². The molecule has 1 amide bonds. The number of ether oxygens (including phenoxy) is 2. The SMILES string of the molecule is NCCC1CCC(NC(=O)CC2COCCO2)CC1. The van der Waals surface area contributed by atoms with Crippen molar-refractivity contribution in [1.82, 2.24) is 5.32 Å². The topological polar surface area (TPSA) is 73.6 Å². The first kappa shape index (κ1) is 14.8. The van der Waals surface area contributed by atoms with E-state index < -0.39 is 0 Å². The second kappa shape index (κ2) is 7.82. The van der Waals surface area contributed by atoms with Crippen molar-refractivity contribution >= 4 is 5.91 Å². The zero-order valence-corrected chi connectivity index (χ0v) is 11.6. The molecule has 0 aromatic rings. The van der Waals surface area contributed by atoms with Crippen LogP contribution in [0.5, 0.6) is 0 Å². The van der Waals surface area contributed by atoms with Gasteiger partial charge in [0.1, 0.15) is 0 Å². The Morgan fingerprint density at radius 2 is 2.00 bits per heavy atom. The number of hydrogen-bond acceptors (Lipinski definition) is 4. The fourth-order valence-electron chi connectivity index (χ4n) is 2.98. The van der Waals surface area contributed by atoms with Gasteiger partial charge in [0.15, 0.2) is 0 Å². The minimum Gasteiger partial charge on any atom is -0.376 e. The number of amides is 1. The van der Waals surface area contributed by atoms with E-state index >= 15 is 0 Å². The Morgan fingerprint density at radius 1 is 1.21 bits per heavy atom. The summed E-state index contributed by atoms with van der Waals surface area (Å²) in [7, 11) is 0. The average molecular weight is 270 g/mol. The van der Waals surface area contributed by atoms with E-state index in [1.165, 1.54) is 12.8 Å². The minimum absolute atomic E-state index is 0.0673. The smallest absolute Gasteiger partial charge is 0.222 e. The summed E-state index contributed by atoms with van der Waals surface area (Å²) in [6.07, 6.45) is 6.01. The van der Waals surface area contributed by atoms with Gasteiger partial charge in [-0.1, -0.05) is 0 Å². The largest absolute Gasteiger partial charge is 0.376 e. The highest BCUT2D eigenvalue weighted by Crippen LogP contribution is 2.26. The molecule has 5 heteroatoms. The highest BCUT2D eigenvalue weighted by Gasteiger charge is 2.24. The molecule has 19 heavy (non-hydrogen) atoms. The van der Waals surface area contributed by atoms with Crippen LogP contribution < -0.4 is 11.1 Å². The van der Waals surface area contributed by atoms with E-state index in [1.807, 2.05) is 0 Å². The van der Waals surface area contributed by atoms with E-state index in [0.29, 0.717) is 32.3 Å². The van der Waals surface area contributed by atoms with Crippen molar-refractivity contribution in [3.8, 4) is 0 Å². The Hall–Kier alpha value is -0.650. The number of carbonyl (C=O) groups excluding carboxylic acids is 1. The summed E-state index contributed by atoms with van der Waals surface area (Å²) in [6.45, 7) is 2.56. The maximum Gasteiger partial charge on any atom is 0.222 e. The zero-order chi connectivity index (χ0) is 13.5. The fourth-order valence-corrected chi connectivity index (χ4v) is 2.98. The van der Waals surface area contributed by atoms with Gasteiger partial charge in [0.05, 0.1) is 32.3 Å². The molecule has 0 bridgehead atoms. The summed E-state index contributed by atoms with van der Waals surface area (Å²) in [5.41, 5.74) is 5.58. The minimum atomic E-state index is -0.0673. The van der Waals surface area contributed by atoms with Gasteiger partial charge in [0, 0.05) is 6.04 Å². The van der Waals surface area contributed by atoms with Gasteiger partial charge < -0.3 is 20.5 Å². The van der Waals surface area contributed by atoms with Gasteiger partial charge in [0.2, 0.25) is 5.91 Å². The Bertz CT molecular complexity index is 272. The highest BCUT2D eigenvalue weighted by atomic mass is 16.6. The summed E-state index contributed by atoms with van der Waals surface area (Å²) in [5, 5.41) is 3.12. The van der Waals surface area contributed by atoms with Crippen LogP contribution in [0.3, 0.4) is 0 Å². The molecule has 1 aliphatic heterocycles. The molecule has 1 heterocycles. The third-order valence-corrected chi connectivity index (χ3v) is 4.08. The number of carbonyl (C=O) groups is 1. The summed E-state index contributed by atoms with van der Waals surface area (Å²) >= 11 is 0. The predicted molar refractivity (Wildman–Crippen MR) is 72.7 cm³/mol. The Balaban J connectivity index is 1.63. The van der Waals surface area contributed by atoms with Crippen LogP contribution in [-0.2, 0) is 14.3 Å². The van der Waals surface area contributed by atoms with E-state index in [9.17, 15) is 4.79 Å². The van der Waals surface area contributed by atoms with Crippen molar-refractivity contribution < 1.29 is 14.3 Å². The Labute approximate surface area is 115 Å². The van der Waals surface area contributed by atoms with Gasteiger partial charge in [-0.3, -0.25) is 4.79 Å². The molecule has 110 valence electrons. The number of nitrogens with two attached hydrogens (primary N) is 1. The molecule has 1 saturated carbocycles. The first-order chi connectivity index (χ1) is 9.28. The van der Waals surface area contributed by atoms with E-state index in [-0.39, 0.29) is 12.0 Å². The van der Waals surface area contributed by atoms with Gasteiger partial charge in [0.25, 0.3) is 0 Å². The highest BCUT2D eigenvalue weighted by molar-refractivity contribution is 5.76. The second-order valence-electron chi connectivity index (χ2n) is 5.63. The first-order valence-electron chi connectivity index (χ1n) is 7.46. The van der Waals surface area contributed by atoms with Crippen LogP contribution in [0.15, 0.2) is 0 Å². The fraction of sp³-hybridized carbons (Fsp3) is 0.929. The molecule has 1 saturated heterocycles. The number of nitrogens with one attached hydrogen (secondary N) is 1. The van der Waals surface area contributed by atoms with Crippen molar-refractivity contribution in [2.75, 3.05) is 26.4 Å². The quantitative estimate of drug-likeness (QED) is 0.775. The standard InChI is InChI=1S/C14H26N2O3/c15-6-5-11-1-3-12(4-2-11)16-14(17)9-13-10-18-7-8-19-13/h11-13H,1-10,15H2,(H,16,17). The average Bonchev–Trinajstić information content (AvgIpc) is 2.42. The molecule has 0 radical (unpaired) electrons.